The second kappa shape index (κ2) is 9.60. The lowest BCUT2D eigenvalue weighted by Gasteiger charge is -2.36. The van der Waals surface area contributed by atoms with E-state index in [4.69, 9.17) is 10.3 Å². The second-order valence-electron chi connectivity index (χ2n) is 8.76. The third-order valence-corrected chi connectivity index (χ3v) is 6.17. The van der Waals surface area contributed by atoms with Gasteiger partial charge in [0, 0.05) is 37.0 Å². The van der Waals surface area contributed by atoms with Gasteiger partial charge in [0.05, 0.1) is 18.5 Å². The van der Waals surface area contributed by atoms with E-state index in [1.807, 2.05) is 6.07 Å². The van der Waals surface area contributed by atoms with Crippen molar-refractivity contribution in [3.8, 4) is 0 Å². The first-order chi connectivity index (χ1) is 15.4. The number of nitrogens with one attached hydrogen (secondary N) is 1. The number of likely N-dealkylation sites (tertiary alicyclic amines) is 1. The SMILES string of the molecule is C[C@H](N)C(=O)N1CCC(C(NC(=O)c2cc(C3CC3)on2)C(=O)Cc2ccccn2)CC1. The van der Waals surface area contributed by atoms with Crippen LogP contribution in [0.15, 0.2) is 35.0 Å². The molecule has 1 saturated carbocycles. The Labute approximate surface area is 186 Å². The summed E-state index contributed by atoms with van der Waals surface area (Å²) in [7, 11) is 0. The zero-order valence-corrected chi connectivity index (χ0v) is 18.2. The quantitative estimate of drug-likeness (QED) is 0.636. The van der Waals surface area contributed by atoms with E-state index in [1.54, 1.807) is 36.2 Å². The molecule has 32 heavy (non-hydrogen) atoms. The van der Waals surface area contributed by atoms with Gasteiger partial charge in [0.2, 0.25) is 5.91 Å². The monoisotopic (exact) mass is 439 g/mol. The molecule has 1 unspecified atom stereocenters. The molecule has 2 aromatic rings. The standard InChI is InChI=1S/C23H29N5O4/c1-14(24)23(31)28-10-7-16(8-11-28)21(19(29)12-17-4-2-3-9-25-17)26-22(30)18-13-20(32-27-18)15-5-6-15/h2-4,9,13-16,21H,5-8,10-12,24H2,1H3,(H,26,30)/t14-,21?/m0/s1. The summed E-state index contributed by atoms with van der Waals surface area (Å²) in [5, 5.41) is 6.79. The number of nitrogens with two attached hydrogens (primary N) is 1. The smallest absolute Gasteiger partial charge is 0.274 e. The van der Waals surface area contributed by atoms with Gasteiger partial charge in [0.25, 0.3) is 5.91 Å². The van der Waals surface area contributed by atoms with Gasteiger partial charge < -0.3 is 20.5 Å². The number of hydrogen-bond acceptors (Lipinski definition) is 7. The summed E-state index contributed by atoms with van der Waals surface area (Å²) in [4.78, 5) is 44.3. The molecule has 2 atom stereocenters. The summed E-state index contributed by atoms with van der Waals surface area (Å²) in [6.45, 7) is 2.68. The number of nitrogens with zero attached hydrogens (tertiary/aromatic N) is 3. The number of carbonyl (C=O) groups excluding carboxylic acids is 3. The number of Topliss-reactive ketones (excluding diaryl/α,β-unsaturated/α-hetero) is 1. The number of ketones is 1. The fraction of sp³-hybridized carbons (Fsp3) is 0.522. The lowest BCUT2D eigenvalue weighted by Crippen LogP contribution is -2.52. The Balaban J connectivity index is 1.46. The third kappa shape index (κ3) is 5.21. The molecule has 4 rings (SSSR count). The van der Waals surface area contributed by atoms with E-state index in [0.29, 0.717) is 43.3 Å². The highest BCUT2D eigenvalue weighted by Gasteiger charge is 2.35. The van der Waals surface area contributed by atoms with Crippen molar-refractivity contribution in [1.82, 2.24) is 20.4 Å². The van der Waals surface area contributed by atoms with Crippen molar-refractivity contribution in [2.45, 2.75) is 57.0 Å². The molecular formula is C23H29N5O4. The molecule has 0 radical (unpaired) electrons. The fourth-order valence-electron chi connectivity index (χ4n) is 4.17. The van der Waals surface area contributed by atoms with Crippen LogP contribution in [0.4, 0.5) is 0 Å². The van der Waals surface area contributed by atoms with E-state index in [2.05, 4.69) is 15.5 Å². The van der Waals surface area contributed by atoms with Crippen molar-refractivity contribution >= 4 is 17.6 Å². The summed E-state index contributed by atoms with van der Waals surface area (Å²) < 4.78 is 5.29. The second-order valence-corrected chi connectivity index (χ2v) is 8.76. The molecule has 9 nitrogen and oxygen atoms in total. The van der Waals surface area contributed by atoms with Crippen molar-refractivity contribution in [2.75, 3.05) is 13.1 Å². The molecule has 1 aliphatic carbocycles. The van der Waals surface area contributed by atoms with Gasteiger partial charge in [-0.1, -0.05) is 11.2 Å². The van der Waals surface area contributed by atoms with Gasteiger partial charge in [-0.15, -0.1) is 0 Å². The van der Waals surface area contributed by atoms with Gasteiger partial charge in [-0.2, -0.15) is 0 Å². The van der Waals surface area contributed by atoms with E-state index in [9.17, 15) is 14.4 Å². The van der Waals surface area contributed by atoms with Crippen LogP contribution in [-0.4, -0.2) is 57.8 Å². The molecular weight excluding hydrogens is 410 g/mol. The van der Waals surface area contributed by atoms with Gasteiger partial charge in [-0.25, -0.2) is 0 Å². The molecule has 0 bridgehead atoms. The van der Waals surface area contributed by atoms with Crippen molar-refractivity contribution in [3.05, 3.63) is 47.6 Å². The van der Waals surface area contributed by atoms with Gasteiger partial charge >= 0.3 is 0 Å². The van der Waals surface area contributed by atoms with E-state index in [1.165, 1.54) is 0 Å². The average molecular weight is 440 g/mol. The lowest BCUT2D eigenvalue weighted by molar-refractivity contribution is -0.133. The highest BCUT2D eigenvalue weighted by molar-refractivity contribution is 5.97. The zero-order chi connectivity index (χ0) is 22.7. The molecule has 2 amide bonds. The highest BCUT2D eigenvalue weighted by Crippen LogP contribution is 2.40. The van der Waals surface area contributed by atoms with E-state index >= 15 is 0 Å². The summed E-state index contributed by atoms with van der Waals surface area (Å²) in [6.07, 6.45) is 5.05. The number of amides is 2. The van der Waals surface area contributed by atoms with Crippen LogP contribution in [0, 0.1) is 5.92 Å². The minimum atomic E-state index is -0.696. The summed E-state index contributed by atoms with van der Waals surface area (Å²) in [6, 6.07) is 5.83. The maximum Gasteiger partial charge on any atom is 0.274 e. The summed E-state index contributed by atoms with van der Waals surface area (Å²) in [5.74, 6) is 0.335. The number of pyridine rings is 1. The maximum atomic E-state index is 13.2. The van der Waals surface area contributed by atoms with Crippen LogP contribution in [0.5, 0.6) is 0 Å². The fourth-order valence-corrected chi connectivity index (χ4v) is 4.17. The Kier molecular flexibility index (Phi) is 6.64. The lowest BCUT2D eigenvalue weighted by atomic mass is 9.85. The van der Waals surface area contributed by atoms with Crippen molar-refractivity contribution in [2.24, 2.45) is 11.7 Å². The third-order valence-electron chi connectivity index (χ3n) is 6.17. The molecule has 3 N–H and O–H groups in total. The highest BCUT2D eigenvalue weighted by atomic mass is 16.5. The Morgan fingerprint density at radius 1 is 1.22 bits per heavy atom. The van der Waals surface area contributed by atoms with Gasteiger partial charge in [0.1, 0.15) is 5.76 Å². The Morgan fingerprint density at radius 2 is 1.97 bits per heavy atom. The predicted octanol–water partition coefficient (Wildman–Crippen LogP) is 1.44. The van der Waals surface area contributed by atoms with Crippen LogP contribution in [0.3, 0.4) is 0 Å². The Bertz CT molecular complexity index is 962. The Morgan fingerprint density at radius 3 is 2.59 bits per heavy atom. The first-order valence-corrected chi connectivity index (χ1v) is 11.2. The number of aromatic nitrogens is 2. The maximum absolute atomic E-state index is 13.2. The molecule has 170 valence electrons. The molecule has 1 saturated heterocycles. The average Bonchev–Trinajstić information content (AvgIpc) is 3.53. The number of rotatable bonds is 8. The molecule has 0 spiro atoms. The topological polar surface area (TPSA) is 131 Å². The first kappa shape index (κ1) is 22.1. The molecule has 9 heteroatoms. The van der Waals surface area contributed by atoms with E-state index in [-0.39, 0.29) is 29.7 Å². The molecule has 3 heterocycles. The molecule has 2 aromatic heterocycles. The largest absolute Gasteiger partial charge is 0.360 e. The Hall–Kier alpha value is -3.07. The first-order valence-electron chi connectivity index (χ1n) is 11.2. The molecule has 2 aliphatic rings. The van der Waals surface area contributed by atoms with Gasteiger partial charge in [-0.05, 0) is 50.7 Å². The van der Waals surface area contributed by atoms with Crippen LogP contribution in [0.2, 0.25) is 0 Å². The normalized spacial score (nSPS) is 18.8. The van der Waals surface area contributed by atoms with Crippen LogP contribution in [0.25, 0.3) is 0 Å². The van der Waals surface area contributed by atoms with Gasteiger partial charge in [-0.3, -0.25) is 19.4 Å². The van der Waals surface area contributed by atoms with E-state index in [0.717, 1.165) is 12.8 Å². The number of carbonyl (C=O) groups is 3. The zero-order valence-electron chi connectivity index (χ0n) is 18.2. The van der Waals surface area contributed by atoms with E-state index < -0.39 is 18.0 Å². The molecule has 0 aromatic carbocycles. The number of hydrogen-bond donors (Lipinski definition) is 2. The van der Waals surface area contributed by atoms with Crippen molar-refractivity contribution < 1.29 is 18.9 Å². The van der Waals surface area contributed by atoms with Crippen LogP contribution < -0.4 is 11.1 Å². The van der Waals surface area contributed by atoms with Crippen LogP contribution >= 0.6 is 0 Å². The van der Waals surface area contributed by atoms with Crippen LogP contribution in [0.1, 0.15) is 60.5 Å². The molecule has 1 aliphatic heterocycles. The van der Waals surface area contributed by atoms with Crippen molar-refractivity contribution in [1.29, 1.82) is 0 Å². The summed E-state index contributed by atoms with van der Waals surface area (Å²) >= 11 is 0. The minimum Gasteiger partial charge on any atom is -0.360 e. The summed E-state index contributed by atoms with van der Waals surface area (Å²) in [5.41, 5.74) is 6.57. The van der Waals surface area contributed by atoms with Crippen molar-refractivity contribution in [3.63, 3.8) is 0 Å². The predicted molar refractivity (Wildman–Crippen MR) is 116 cm³/mol. The minimum absolute atomic E-state index is 0.0953. The molecule has 2 fully saturated rings. The van der Waals surface area contributed by atoms with Crippen LogP contribution in [-0.2, 0) is 16.0 Å². The van der Waals surface area contributed by atoms with Gasteiger partial charge in [0.15, 0.2) is 11.5 Å². The number of piperidine rings is 1.